The molecule has 2 heterocycles. The number of carbonyl (C=O) groups is 2. The van der Waals surface area contributed by atoms with E-state index in [0.29, 0.717) is 34.6 Å². The van der Waals surface area contributed by atoms with Crippen molar-refractivity contribution in [3.8, 4) is 0 Å². The Hall–Kier alpha value is -2.99. The third-order valence-electron chi connectivity index (χ3n) is 6.22. The number of anilines is 1. The second-order valence-corrected chi connectivity index (χ2v) is 8.60. The summed E-state index contributed by atoms with van der Waals surface area (Å²) in [6.45, 7) is 3.14. The molecule has 0 saturated carbocycles. The van der Waals surface area contributed by atoms with E-state index in [1.165, 1.54) is 12.1 Å². The summed E-state index contributed by atoms with van der Waals surface area (Å²) in [6.07, 6.45) is 3.80. The molecule has 0 bridgehead atoms. The zero-order chi connectivity index (χ0) is 22.7. The number of benzene rings is 2. The number of fused-ring (bicyclic) bond motifs is 1. The van der Waals surface area contributed by atoms with Gasteiger partial charge >= 0.3 is 0 Å². The van der Waals surface area contributed by atoms with Gasteiger partial charge in [-0.3, -0.25) is 14.6 Å². The van der Waals surface area contributed by atoms with Gasteiger partial charge in [-0.1, -0.05) is 18.5 Å². The predicted molar refractivity (Wildman–Crippen MR) is 124 cm³/mol. The van der Waals surface area contributed by atoms with Crippen molar-refractivity contribution in [2.75, 3.05) is 18.4 Å². The van der Waals surface area contributed by atoms with Crippen molar-refractivity contribution < 1.29 is 14.0 Å². The molecule has 1 atom stereocenters. The Kier molecular flexibility index (Phi) is 6.70. The van der Waals surface area contributed by atoms with Crippen molar-refractivity contribution >= 4 is 40.0 Å². The summed E-state index contributed by atoms with van der Waals surface area (Å²) in [4.78, 5) is 32.1. The smallest absolute Gasteiger partial charge is 0.254 e. The molecule has 32 heavy (non-hydrogen) atoms. The number of carbonyl (C=O) groups excluding carboxylic acids is 2. The highest BCUT2D eigenvalue weighted by Gasteiger charge is 2.32. The van der Waals surface area contributed by atoms with E-state index in [0.717, 1.165) is 24.9 Å². The van der Waals surface area contributed by atoms with Gasteiger partial charge in [0.1, 0.15) is 5.82 Å². The lowest BCUT2D eigenvalue weighted by atomic mass is 9.82. The first-order chi connectivity index (χ1) is 15.5. The van der Waals surface area contributed by atoms with Crippen LogP contribution in [0, 0.1) is 17.7 Å². The van der Waals surface area contributed by atoms with Gasteiger partial charge in [-0.05, 0) is 73.7 Å². The summed E-state index contributed by atoms with van der Waals surface area (Å²) >= 11 is 5.92. The molecular weight excluding hydrogens is 429 g/mol. The predicted octanol–water partition coefficient (Wildman–Crippen LogP) is 5.54. The summed E-state index contributed by atoms with van der Waals surface area (Å²) in [5.74, 6) is -0.451. The summed E-state index contributed by atoms with van der Waals surface area (Å²) in [7, 11) is 0. The fourth-order valence-corrected chi connectivity index (χ4v) is 4.61. The van der Waals surface area contributed by atoms with E-state index in [1.54, 1.807) is 47.5 Å². The van der Waals surface area contributed by atoms with Crippen LogP contribution in [0.3, 0.4) is 0 Å². The van der Waals surface area contributed by atoms with E-state index in [4.69, 9.17) is 11.6 Å². The van der Waals surface area contributed by atoms with Gasteiger partial charge in [0.05, 0.1) is 11.1 Å². The number of likely N-dealkylation sites (tertiary alicyclic amines) is 1. The number of halogens is 2. The van der Waals surface area contributed by atoms with Gasteiger partial charge in [0.2, 0.25) is 5.91 Å². The van der Waals surface area contributed by atoms with Gasteiger partial charge in [0.15, 0.2) is 0 Å². The number of hydrogen-bond donors (Lipinski definition) is 1. The number of amides is 2. The topological polar surface area (TPSA) is 62.3 Å². The molecule has 2 aromatic carbocycles. The first-order valence-electron chi connectivity index (χ1n) is 10.9. The molecule has 0 spiro atoms. The summed E-state index contributed by atoms with van der Waals surface area (Å²) in [5, 5.41) is 4.13. The first-order valence-corrected chi connectivity index (χ1v) is 11.2. The summed E-state index contributed by atoms with van der Waals surface area (Å²) in [6, 6.07) is 13.0. The third-order valence-corrected chi connectivity index (χ3v) is 6.47. The molecule has 0 aliphatic carbocycles. The van der Waals surface area contributed by atoms with Crippen LogP contribution in [0.5, 0.6) is 0 Å². The highest BCUT2D eigenvalue weighted by atomic mass is 35.5. The van der Waals surface area contributed by atoms with Crippen LogP contribution in [0.2, 0.25) is 5.02 Å². The van der Waals surface area contributed by atoms with Crippen molar-refractivity contribution in [2.45, 2.75) is 26.2 Å². The van der Waals surface area contributed by atoms with Crippen LogP contribution in [0.4, 0.5) is 10.1 Å². The Labute approximate surface area is 191 Å². The quantitative estimate of drug-likeness (QED) is 0.551. The molecule has 1 aromatic heterocycles. The maximum Gasteiger partial charge on any atom is 0.254 e. The average Bonchev–Trinajstić information content (AvgIpc) is 2.80. The maximum atomic E-state index is 13.8. The first kappa shape index (κ1) is 22.2. The normalized spacial score (nSPS) is 15.5. The van der Waals surface area contributed by atoms with Crippen LogP contribution in [-0.2, 0) is 4.79 Å². The zero-order valence-electron chi connectivity index (χ0n) is 17.9. The van der Waals surface area contributed by atoms with Crippen LogP contribution < -0.4 is 5.32 Å². The van der Waals surface area contributed by atoms with E-state index in [-0.39, 0.29) is 23.7 Å². The molecule has 4 rings (SSSR count). The number of rotatable bonds is 5. The van der Waals surface area contributed by atoms with Crippen molar-refractivity contribution in [1.29, 1.82) is 0 Å². The van der Waals surface area contributed by atoms with Crippen molar-refractivity contribution in [3.63, 3.8) is 0 Å². The minimum Gasteiger partial charge on any atom is -0.339 e. The molecule has 1 N–H and O–H groups in total. The second-order valence-electron chi connectivity index (χ2n) is 8.16. The van der Waals surface area contributed by atoms with Crippen molar-refractivity contribution in [3.05, 3.63) is 71.1 Å². The zero-order valence-corrected chi connectivity index (χ0v) is 18.6. The maximum absolute atomic E-state index is 13.8. The van der Waals surface area contributed by atoms with Gasteiger partial charge < -0.3 is 10.2 Å². The molecule has 166 valence electrons. The minimum atomic E-state index is -0.393. The van der Waals surface area contributed by atoms with E-state index in [1.807, 2.05) is 6.92 Å². The molecule has 1 saturated heterocycles. The Morgan fingerprint density at radius 1 is 1.16 bits per heavy atom. The number of nitrogens with one attached hydrogen (secondary N) is 1. The molecule has 7 heteroatoms. The SMILES string of the molecule is CCC(C(=O)Nc1ccc(Cl)cc1)C1CCN(C(=O)c2ccnc3ccc(F)cc23)CC1. The highest BCUT2D eigenvalue weighted by Crippen LogP contribution is 2.30. The van der Waals surface area contributed by atoms with Crippen LogP contribution in [0.25, 0.3) is 10.9 Å². The van der Waals surface area contributed by atoms with Gasteiger partial charge in [0, 0.05) is 41.3 Å². The molecule has 1 fully saturated rings. The molecule has 2 amide bonds. The standard InChI is InChI=1S/C25H25ClFN3O2/c1-2-20(24(31)29-19-6-3-17(26)4-7-19)16-10-13-30(14-11-16)25(32)21-9-12-28-23-8-5-18(27)15-22(21)23/h3-9,12,15-16,20H,2,10-11,13-14H2,1H3,(H,29,31). The minimum absolute atomic E-state index is 0.00444. The highest BCUT2D eigenvalue weighted by molar-refractivity contribution is 6.30. The lowest BCUT2D eigenvalue weighted by Crippen LogP contribution is -2.42. The molecule has 5 nitrogen and oxygen atoms in total. The van der Waals surface area contributed by atoms with E-state index in [2.05, 4.69) is 10.3 Å². The van der Waals surface area contributed by atoms with Crippen molar-refractivity contribution in [2.24, 2.45) is 11.8 Å². The van der Waals surface area contributed by atoms with Gasteiger partial charge in [0.25, 0.3) is 5.91 Å². The largest absolute Gasteiger partial charge is 0.339 e. The Morgan fingerprint density at radius 3 is 2.56 bits per heavy atom. The van der Waals surface area contributed by atoms with Crippen LogP contribution >= 0.6 is 11.6 Å². The third kappa shape index (κ3) is 4.75. The van der Waals surface area contributed by atoms with Gasteiger partial charge in [-0.15, -0.1) is 0 Å². The Bertz CT molecular complexity index is 1130. The van der Waals surface area contributed by atoms with Crippen LogP contribution in [0.15, 0.2) is 54.7 Å². The monoisotopic (exact) mass is 453 g/mol. The van der Waals surface area contributed by atoms with Gasteiger partial charge in [-0.2, -0.15) is 0 Å². The number of piperidine rings is 1. The molecule has 1 unspecified atom stereocenters. The molecular formula is C25H25ClFN3O2. The number of nitrogens with zero attached hydrogens (tertiary/aromatic N) is 2. The molecule has 1 aliphatic heterocycles. The summed E-state index contributed by atoms with van der Waals surface area (Å²) in [5.41, 5.74) is 1.78. The van der Waals surface area contributed by atoms with Crippen LogP contribution in [0.1, 0.15) is 36.5 Å². The van der Waals surface area contributed by atoms with E-state index >= 15 is 0 Å². The Morgan fingerprint density at radius 2 is 1.88 bits per heavy atom. The molecule has 1 aliphatic rings. The van der Waals surface area contributed by atoms with Crippen molar-refractivity contribution in [1.82, 2.24) is 9.88 Å². The number of pyridine rings is 1. The second kappa shape index (κ2) is 9.65. The lowest BCUT2D eigenvalue weighted by Gasteiger charge is -2.35. The van der Waals surface area contributed by atoms with Crippen LogP contribution in [-0.4, -0.2) is 34.8 Å². The van der Waals surface area contributed by atoms with E-state index in [9.17, 15) is 14.0 Å². The number of aromatic nitrogens is 1. The van der Waals surface area contributed by atoms with E-state index < -0.39 is 5.82 Å². The average molecular weight is 454 g/mol. The van der Waals surface area contributed by atoms with Gasteiger partial charge in [-0.25, -0.2) is 4.39 Å². The molecule has 3 aromatic rings. The Balaban J connectivity index is 1.42. The fourth-order valence-electron chi connectivity index (χ4n) is 4.48. The molecule has 0 radical (unpaired) electrons. The lowest BCUT2D eigenvalue weighted by molar-refractivity contribution is -0.122. The summed E-state index contributed by atoms with van der Waals surface area (Å²) < 4.78 is 13.8. The fraction of sp³-hybridized carbons (Fsp3) is 0.320. The number of hydrogen-bond acceptors (Lipinski definition) is 3.